The summed E-state index contributed by atoms with van der Waals surface area (Å²) in [5, 5.41) is 15.4. The number of aliphatic hydroxyl groups excluding tert-OH is 1. The van der Waals surface area contributed by atoms with Crippen LogP contribution >= 0.6 is 0 Å². The Balaban J connectivity index is 1.97. The topological polar surface area (TPSA) is 70.6 Å². The van der Waals surface area contributed by atoms with Crippen molar-refractivity contribution in [2.75, 3.05) is 20.3 Å². The first-order valence-electron chi connectivity index (χ1n) is 8.13. The van der Waals surface area contributed by atoms with Crippen LogP contribution in [0.4, 0.5) is 4.79 Å². The van der Waals surface area contributed by atoms with Gasteiger partial charge in [-0.25, -0.2) is 4.79 Å². The number of aliphatic hydroxyl groups is 1. The number of hydrogen-bond acceptors (Lipinski definition) is 3. The molecule has 1 aromatic rings. The van der Waals surface area contributed by atoms with E-state index in [1.165, 1.54) is 0 Å². The lowest BCUT2D eigenvalue weighted by Gasteiger charge is -2.31. The van der Waals surface area contributed by atoms with Crippen LogP contribution in [0, 0.1) is 5.92 Å². The van der Waals surface area contributed by atoms with Gasteiger partial charge in [-0.1, -0.05) is 32.0 Å². The van der Waals surface area contributed by atoms with Gasteiger partial charge in [-0.2, -0.15) is 0 Å². The highest BCUT2D eigenvalue weighted by atomic mass is 16.5. The highest BCUT2D eigenvalue weighted by molar-refractivity contribution is 5.75. The van der Waals surface area contributed by atoms with Gasteiger partial charge in [0.15, 0.2) is 0 Å². The molecule has 128 valence electrons. The number of ether oxygens (including phenoxy) is 1. The van der Waals surface area contributed by atoms with Crippen LogP contribution in [0.2, 0.25) is 0 Å². The molecule has 0 saturated heterocycles. The molecular weight excluding hydrogens is 292 g/mol. The SMILES string of the molecule is COc1ccccc1C(C)(C)CNC(=O)NC(C)(CO)C1CC1. The largest absolute Gasteiger partial charge is 0.496 e. The molecule has 0 bridgehead atoms. The molecule has 0 heterocycles. The minimum absolute atomic E-state index is 0.0407. The Morgan fingerprint density at radius 1 is 1.30 bits per heavy atom. The quantitative estimate of drug-likeness (QED) is 0.722. The van der Waals surface area contributed by atoms with Crippen LogP contribution in [0.5, 0.6) is 5.75 Å². The normalized spacial score (nSPS) is 17.3. The zero-order valence-corrected chi connectivity index (χ0v) is 14.5. The molecule has 23 heavy (non-hydrogen) atoms. The maximum absolute atomic E-state index is 12.2. The number of benzene rings is 1. The minimum Gasteiger partial charge on any atom is -0.496 e. The predicted molar refractivity (Wildman–Crippen MR) is 90.8 cm³/mol. The summed E-state index contributed by atoms with van der Waals surface area (Å²) in [5.41, 5.74) is 0.257. The molecule has 0 aliphatic heterocycles. The monoisotopic (exact) mass is 320 g/mol. The Morgan fingerprint density at radius 3 is 2.52 bits per heavy atom. The smallest absolute Gasteiger partial charge is 0.315 e. The molecule has 1 atom stereocenters. The van der Waals surface area contributed by atoms with Crippen molar-refractivity contribution in [1.29, 1.82) is 0 Å². The first-order chi connectivity index (χ1) is 10.8. The minimum atomic E-state index is -0.529. The molecule has 0 radical (unpaired) electrons. The summed E-state index contributed by atoms with van der Waals surface area (Å²) in [6.07, 6.45) is 2.12. The highest BCUT2D eigenvalue weighted by Gasteiger charge is 2.42. The molecule has 0 spiro atoms. The number of hydrogen-bond donors (Lipinski definition) is 3. The van der Waals surface area contributed by atoms with E-state index in [-0.39, 0.29) is 18.1 Å². The van der Waals surface area contributed by atoms with E-state index in [1.54, 1.807) is 7.11 Å². The number of urea groups is 1. The Hall–Kier alpha value is -1.75. The van der Waals surface area contributed by atoms with Gasteiger partial charge in [-0.15, -0.1) is 0 Å². The number of nitrogens with one attached hydrogen (secondary N) is 2. The standard InChI is InChI=1S/C18H28N2O3/c1-17(2,14-7-5-6-8-15(14)23-4)11-19-16(22)20-18(3,12-21)13-9-10-13/h5-8,13,21H,9-12H2,1-4H3,(H2,19,20,22). The molecule has 1 fully saturated rings. The summed E-state index contributed by atoms with van der Waals surface area (Å²) in [7, 11) is 1.65. The van der Waals surface area contributed by atoms with Crippen molar-refractivity contribution >= 4 is 6.03 Å². The van der Waals surface area contributed by atoms with E-state index in [4.69, 9.17) is 4.74 Å². The number of carbonyl (C=O) groups excluding carboxylic acids is 1. The maximum Gasteiger partial charge on any atom is 0.315 e. The lowest BCUT2D eigenvalue weighted by molar-refractivity contribution is 0.154. The zero-order valence-electron chi connectivity index (χ0n) is 14.5. The summed E-state index contributed by atoms with van der Waals surface area (Å²) < 4.78 is 5.41. The van der Waals surface area contributed by atoms with Crippen molar-refractivity contribution < 1.29 is 14.6 Å². The number of methoxy groups -OCH3 is 1. The molecule has 3 N–H and O–H groups in total. The van der Waals surface area contributed by atoms with Crippen molar-refractivity contribution in [3.8, 4) is 5.75 Å². The summed E-state index contributed by atoms with van der Waals surface area (Å²) in [4.78, 5) is 12.2. The zero-order chi connectivity index (χ0) is 17.1. The van der Waals surface area contributed by atoms with Gasteiger partial charge in [0.1, 0.15) is 5.75 Å². The Kier molecular flexibility index (Phi) is 5.19. The molecule has 2 rings (SSSR count). The lowest BCUT2D eigenvalue weighted by atomic mass is 9.84. The van der Waals surface area contributed by atoms with Gasteiger partial charge in [-0.3, -0.25) is 0 Å². The maximum atomic E-state index is 12.2. The molecule has 1 aromatic carbocycles. The molecule has 0 aromatic heterocycles. The summed E-state index contributed by atoms with van der Waals surface area (Å²) >= 11 is 0. The number of amides is 2. The molecule has 1 unspecified atom stereocenters. The van der Waals surface area contributed by atoms with Gasteiger partial charge in [0.2, 0.25) is 0 Å². The predicted octanol–water partition coefficient (Wildman–Crippen LogP) is 2.43. The van der Waals surface area contributed by atoms with Crippen molar-refractivity contribution in [3.05, 3.63) is 29.8 Å². The average molecular weight is 320 g/mol. The second-order valence-corrected chi connectivity index (χ2v) is 7.24. The van der Waals surface area contributed by atoms with Crippen LogP contribution in [0.3, 0.4) is 0 Å². The Morgan fingerprint density at radius 2 is 1.96 bits per heavy atom. The fourth-order valence-corrected chi connectivity index (χ4v) is 2.89. The van der Waals surface area contributed by atoms with Crippen LogP contribution in [-0.4, -0.2) is 36.9 Å². The molecule has 1 aliphatic rings. The summed E-state index contributed by atoms with van der Waals surface area (Å²) in [6, 6.07) is 7.60. The number of carbonyl (C=O) groups is 1. The van der Waals surface area contributed by atoms with Crippen LogP contribution < -0.4 is 15.4 Å². The second kappa shape index (κ2) is 6.79. The van der Waals surface area contributed by atoms with Crippen molar-refractivity contribution in [2.24, 2.45) is 5.92 Å². The van der Waals surface area contributed by atoms with Gasteiger partial charge in [-0.05, 0) is 31.7 Å². The Labute approximate surface area is 138 Å². The van der Waals surface area contributed by atoms with Crippen LogP contribution in [0.25, 0.3) is 0 Å². The number of rotatable bonds is 7. The van der Waals surface area contributed by atoms with E-state index in [9.17, 15) is 9.90 Å². The fraction of sp³-hybridized carbons (Fsp3) is 0.611. The molecule has 2 amide bonds. The average Bonchev–Trinajstić information content (AvgIpc) is 3.38. The molecule has 5 nitrogen and oxygen atoms in total. The van der Waals surface area contributed by atoms with Gasteiger partial charge >= 0.3 is 6.03 Å². The van der Waals surface area contributed by atoms with E-state index < -0.39 is 5.54 Å². The lowest BCUT2D eigenvalue weighted by Crippen LogP contribution is -2.55. The van der Waals surface area contributed by atoms with E-state index in [1.807, 2.05) is 31.2 Å². The van der Waals surface area contributed by atoms with Crippen LogP contribution in [-0.2, 0) is 5.41 Å². The van der Waals surface area contributed by atoms with Gasteiger partial charge in [0.25, 0.3) is 0 Å². The molecule has 1 saturated carbocycles. The second-order valence-electron chi connectivity index (χ2n) is 7.24. The van der Waals surface area contributed by atoms with E-state index in [0.717, 1.165) is 24.2 Å². The molecule has 1 aliphatic carbocycles. The third-order valence-corrected chi connectivity index (χ3v) is 4.73. The van der Waals surface area contributed by atoms with E-state index in [2.05, 4.69) is 24.5 Å². The van der Waals surface area contributed by atoms with Crippen molar-refractivity contribution in [3.63, 3.8) is 0 Å². The third kappa shape index (κ3) is 4.16. The van der Waals surface area contributed by atoms with Gasteiger partial charge in [0, 0.05) is 17.5 Å². The third-order valence-electron chi connectivity index (χ3n) is 4.73. The van der Waals surface area contributed by atoms with Gasteiger partial charge < -0.3 is 20.5 Å². The fourth-order valence-electron chi connectivity index (χ4n) is 2.89. The first kappa shape index (κ1) is 17.6. The van der Waals surface area contributed by atoms with E-state index >= 15 is 0 Å². The number of para-hydroxylation sites is 1. The van der Waals surface area contributed by atoms with Gasteiger partial charge in [0.05, 0.1) is 19.3 Å². The molecular formula is C18H28N2O3. The highest BCUT2D eigenvalue weighted by Crippen LogP contribution is 2.39. The first-order valence-corrected chi connectivity index (χ1v) is 8.13. The molecule has 5 heteroatoms. The van der Waals surface area contributed by atoms with Crippen LogP contribution in [0.15, 0.2) is 24.3 Å². The Bertz CT molecular complexity index is 555. The van der Waals surface area contributed by atoms with Crippen molar-refractivity contribution in [1.82, 2.24) is 10.6 Å². The summed E-state index contributed by atoms with van der Waals surface area (Å²) in [6.45, 7) is 6.47. The van der Waals surface area contributed by atoms with E-state index in [0.29, 0.717) is 12.5 Å². The summed E-state index contributed by atoms with van der Waals surface area (Å²) in [5.74, 6) is 1.19. The van der Waals surface area contributed by atoms with Crippen molar-refractivity contribution in [2.45, 2.75) is 44.6 Å². The van der Waals surface area contributed by atoms with Crippen LogP contribution in [0.1, 0.15) is 39.2 Å².